The van der Waals surface area contributed by atoms with Crippen molar-refractivity contribution in [3.8, 4) is 28.2 Å². The summed E-state index contributed by atoms with van der Waals surface area (Å²) in [5.74, 6) is 0. The van der Waals surface area contributed by atoms with Crippen molar-refractivity contribution in [3.63, 3.8) is 0 Å². The molecule has 0 unspecified atom stereocenters. The van der Waals surface area contributed by atoms with E-state index in [1.54, 1.807) is 0 Å². The molecular weight excluding hydrogens is 667 g/mol. The van der Waals surface area contributed by atoms with E-state index in [9.17, 15) is 0 Å². The van der Waals surface area contributed by atoms with Crippen molar-refractivity contribution < 1.29 is 0 Å². The predicted molar refractivity (Wildman–Crippen MR) is 234 cm³/mol. The molecule has 0 N–H and O–H groups in total. The van der Waals surface area contributed by atoms with Crippen LogP contribution >= 0.6 is 0 Å². The summed E-state index contributed by atoms with van der Waals surface area (Å²) in [5.41, 5.74) is 14.6. The van der Waals surface area contributed by atoms with Gasteiger partial charge in [-0.2, -0.15) is 0 Å². The van der Waals surface area contributed by atoms with Crippen molar-refractivity contribution >= 4 is 65.4 Å². The number of para-hydroxylation sites is 4. The third-order valence-electron chi connectivity index (χ3n) is 11.6. The van der Waals surface area contributed by atoms with E-state index in [-0.39, 0.29) is 5.41 Å². The van der Waals surface area contributed by atoms with Crippen molar-refractivity contribution in [1.82, 2.24) is 13.7 Å². The zero-order valence-corrected chi connectivity index (χ0v) is 31.2. The highest BCUT2D eigenvalue weighted by atomic mass is 15.0. The molecule has 262 valence electrons. The smallest absolute Gasteiger partial charge is 0.0562 e. The molecule has 0 atom stereocenters. The van der Waals surface area contributed by atoms with Crippen LogP contribution in [0, 0.1) is 0 Å². The van der Waals surface area contributed by atoms with Gasteiger partial charge in [0.15, 0.2) is 0 Å². The number of fused-ring (bicyclic) bond motifs is 9. The van der Waals surface area contributed by atoms with E-state index in [2.05, 4.69) is 216 Å². The molecule has 3 heteroatoms. The molecule has 0 aliphatic rings. The van der Waals surface area contributed by atoms with E-state index in [0.717, 1.165) is 17.1 Å². The molecule has 0 aliphatic heterocycles. The van der Waals surface area contributed by atoms with Crippen LogP contribution in [-0.2, 0) is 5.41 Å². The summed E-state index contributed by atoms with van der Waals surface area (Å²) in [6.45, 7) is 6.79. The van der Waals surface area contributed by atoms with E-state index in [1.165, 1.54) is 82.1 Å². The Bertz CT molecular complexity index is 3260. The zero-order valence-electron chi connectivity index (χ0n) is 31.2. The Balaban J connectivity index is 1.10. The van der Waals surface area contributed by atoms with E-state index >= 15 is 0 Å². The Morgan fingerprint density at radius 2 is 0.691 bits per heavy atom. The van der Waals surface area contributed by atoms with Gasteiger partial charge in [0.1, 0.15) is 0 Å². The molecule has 0 radical (unpaired) electrons. The molecule has 11 aromatic rings. The first-order valence-electron chi connectivity index (χ1n) is 19.2. The highest BCUT2D eigenvalue weighted by Gasteiger charge is 2.20. The molecule has 0 saturated carbocycles. The lowest BCUT2D eigenvalue weighted by atomic mass is 9.86. The van der Waals surface area contributed by atoms with Gasteiger partial charge in [-0.25, -0.2) is 0 Å². The fourth-order valence-electron chi connectivity index (χ4n) is 8.91. The SMILES string of the molecule is CC(C)(C)c1ccc(-c2ccc(-n3c4ccccc4c4cc(-n5c6ccccc6c6cc7c8ccccc8n(-c8ccccc8)c7cc65)ccc43)cc2)cc1. The Hall–Kier alpha value is -6.84. The molecule has 3 aromatic heterocycles. The molecule has 55 heavy (non-hydrogen) atoms. The van der Waals surface area contributed by atoms with Gasteiger partial charge >= 0.3 is 0 Å². The molecule has 0 aliphatic carbocycles. The Kier molecular flexibility index (Phi) is 6.81. The second-order valence-electron chi connectivity index (χ2n) is 15.9. The summed E-state index contributed by atoms with van der Waals surface area (Å²) >= 11 is 0. The molecule has 0 spiro atoms. The lowest BCUT2D eigenvalue weighted by Crippen LogP contribution is -2.10. The van der Waals surface area contributed by atoms with Crippen LogP contribution in [0.15, 0.2) is 182 Å². The zero-order chi connectivity index (χ0) is 36.8. The predicted octanol–water partition coefficient (Wildman–Crippen LogP) is 13.9. The van der Waals surface area contributed by atoms with Crippen LogP contribution in [0.5, 0.6) is 0 Å². The summed E-state index contributed by atoms with van der Waals surface area (Å²) in [6.07, 6.45) is 0. The lowest BCUT2D eigenvalue weighted by Gasteiger charge is -2.19. The van der Waals surface area contributed by atoms with Gasteiger partial charge in [0.05, 0.1) is 33.1 Å². The third-order valence-corrected chi connectivity index (χ3v) is 11.6. The minimum Gasteiger partial charge on any atom is -0.309 e. The molecule has 0 fully saturated rings. The van der Waals surface area contributed by atoms with Gasteiger partial charge in [-0.05, 0) is 94.9 Å². The van der Waals surface area contributed by atoms with Crippen LogP contribution in [0.4, 0.5) is 0 Å². The number of benzene rings is 8. The molecule has 0 amide bonds. The minimum absolute atomic E-state index is 0.135. The lowest BCUT2D eigenvalue weighted by molar-refractivity contribution is 0.590. The number of aromatic nitrogens is 3. The molecule has 3 nitrogen and oxygen atoms in total. The first-order chi connectivity index (χ1) is 26.9. The molecule has 3 heterocycles. The van der Waals surface area contributed by atoms with Gasteiger partial charge in [0.25, 0.3) is 0 Å². The third kappa shape index (κ3) is 4.83. The topological polar surface area (TPSA) is 14.8 Å². The summed E-state index contributed by atoms with van der Waals surface area (Å²) < 4.78 is 7.28. The normalized spacial score (nSPS) is 12.3. The van der Waals surface area contributed by atoms with Gasteiger partial charge in [-0.3, -0.25) is 0 Å². The van der Waals surface area contributed by atoms with Crippen LogP contribution in [-0.4, -0.2) is 13.7 Å². The van der Waals surface area contributed by atoms with E-state index in [1.807, 2.05) is 0 Å². The number of nitrogens with zero attached hydrogens (tertiary/aromatic N) is 3. The summed E-state index contributed by atoms with van der Waals surface area (Å²) in [7, 11) is 0. The first-order valence-corrected chi connectivity index (χ1v) is 19.2. The maximum absolute atomic E-state index is 2.46. The van der Waals surface area contributed by atoms with Gasteiger partial charge in [0.2, 0.25) is 0 Å². The summed E-state index contributed by atoms with van der Waals surface area (Å²) in [5, 5.41) is 7.53. The Morgan fingerprint density at radius 1 is 0.291 bits per heavy atom. The average Bonchev–Trinajstić information content (AvgIpc) is 3.85. The van der Waals surface area contributed by atoms with Crippen molar-refractivity contribution in [2.45, 2.75) is 26.2 Å². The second kappa shape index (κ2) is 11.8. The fourth-order valence-corrected chi connectivity index (χ4v) is 8.91. The van der Waals surface area contributed by atoms with Crippen LogP contribution < -0.4 is 0 Å². The minimum atomic E-state index is 0.135. The van der Waals surface area contributed by atoms with Gasteiger partial charge in [-0.15, -0.1) is 0 Å². The monoisotopic (exact) mass is 705 g/mol. The molecule has 8 aromatic carbocycles. The van der Waals surface area contributed by atoms with Crippen molar-refractivity contribution in [1.29, 1.82) is 0 Å². The second-order valence-corrected chi connectivity index (χ2v) is 15.9. The standard InChI is InChI=1S/C52H39N3/c1-52(2,3)36-25-21-34(22-26-36)35-23-27-38(28-24-35)53-46-18-10-7-15-40(46)43-31-39(29-30-49(43)53)55-48-20-12-9-17-42(48)45-32-44-41-16-8-11-19-47(41)54(50(44)33-51(45)55)37-13-5-4-6-14-37/h4-33H,1-3H3. The Morgan fingerprint density at radius 3 is 1.24 bits per heavy atom. The van der Waals surface area contributed by atoms with Crippen molar-refractivity contribution in [3.05, 3.63) is 188 Å². The van der Waals surface area contributed by atoms with Crippen LogP contribution in [0.1, 0.15) is 26.3 Å². The van der Waals surface area contributed by atoms with Crippen molar-refractivity contribution in [2.24, 2.45) is 0 Å². The highest BCUT2D eigenvalue weighted by molar-refractivity contribution is 6.19. The number of hydrogen-bond donors (Lipinski definition) is 0. The van der Waals surface area contributed by atoms with E-state index in [4.69, 9.17) is 0 Å². The molecule has 11 rings (SSSR count). The van der Waals surface area contributed by atoms with Gasteiger partial charge in [0, 0.05) is 49.4 Å². The van der Waals surface area contributed by atoms with Gasteiger partial charge in [-0.1, -0.05) is 130 Å². The highest BCUT2D eigenvalue weighted by Crippen LogP contribution is 2.41. The number of hydrogen-bond acceptors (Lipinski definition) is 0. The first kappa shape index (κ1) is 31.7. The maximum Gasteiger partial charge on any atom is 0.0562 e. The van der Waals surface area contributed by atoms with Crippen LogP contribution in [0.25, 0.3) is 93.6 Å². The summed E-state index contributed by atoms with van der Waals surface area (Å²) in [6, 6.07) is 67.0. The van der Waals surface area contributed by atoms with Crippen molar-refractivity contribution in [2.75, 3.05) is 0 Å². The largest absolute Gasteiger partial charge is 0.309 e. The molecule has 0 saturated heterocycles. The maximum atomic E-state index is 2.46. The van der Waals surface area contributed by atoms with Gasteiger partial charge < -0.3 is 13.7 Å². The summed E-state index contributed by atoms with van der Waals surface area (Å²) in [4.78, 5) is 0. The van der Waals surface area contributed by atoms with E-state index < -0.39 is 0 Å². The van der Waals surface area contributed by atoms with Crippen LogP contribution in [0.2, 0.25) is 0 Å². The number of rotatable bonds is 4. The Labute approximate surface area is 319 Å². The average molecular weight is 706 g/mol. The van der Waals surface area contributed by atoms with Crippen LogP contribution in [0.3, 0.4) is 0 Å². The quantitative estimate of drug-likeness (QED) is 0.173. The molecule has 0 bridgehead atoms. The fraction of sp³-hybridized carbons (Fsp3) is 0.0769. The van der Waals surface area contributed by atoms with E-state index in [0.29, 0.717) is 0 Å². The molecular formula is C52H39N3.